The Kier molecular flexibility index (Phi) is 7.76. The van der Waals surface area contributed by atoms with Crippen LogP contribution in [0.15, 0.2) is 48.5 Å². The van der Waals surface area contributed by atoms with Crippen LogP contribution in [0.2, 0.25) is 10.0 Å². The first kappa shape index (κ1) is 19.0. The van der Waals surface area contributed by atoms with Crippen molar-refractivity contribution in [2.75, 3.05) is 12.3 Å². The Morgan fingerprint density at radius 1 is 1.08 bits per heavy atom. The zero-order valence-electron chi connectivity index (χ0n) is 13.3. The molecular formula is C18H19Cl2NO2S. The van der Waals surface area contributed by atoms with Gasteiger partial charge in [0.25, 0.3) is 5.91 Å². The molecule has 0 bridgehead atoms. The number of rotatable bonds is 8. The Labute approximate surface area is 156 Å². The van der Waals surface area contributed by atoms with Crippen LogP contribution in [-0.2, 0) is 10.5 Å². The molecule has 1 N–H and O–H groups in total. The Morgan fingerprint density at radius 3 is 2.29 bits per heavy atom. The van der Waals surface area contributed by atoms with E-state index < -0.39 is 6.10 Å². The lowest BCUT2D eigenvalue weighted by Gasteiger charge is -2.14. The van der Waals surface area contributed by atoms with E-state index in [2.05, 4.69) is 5.32 Å². The average Bonchev–Trinajstić information content (AvgIpc) is 2.58. The molecule has 128 valence electrons. The van der Waals surface area contributed by atoms with Crippen LogP contribution in [-0.4, -0.2) is 24.3 Å². The number of nitrogens with one attached hydrogen (secondary N) is 1. The molecule has 6 heteroatoms. The number of halogens is 2. The molecule has 0 radical (unpaired) electrons. The van der Waals surface area contributed by atoms with Crippen molar-refractivity contribution >= 4 is 40.9 Å². The first-order valence-corrected chi connectivity index (χ1v) is 9.48. The van der Waals surface area contributed by atoms with Crippen LogP contribution in [0.4, 0.5) is 0 Å². The van der Waals surface area contributed by atoms with E-state index >= 15 is 0 Å². The van der Waals surface area contributed by atoms with E-state index in [1.165, 1.54) is 5.56 Å². The van der Waals surface area contributed by atoms with E-state index in [9.17, 15) is 4.79 Å². The van der Waals surface area contributed by atoms with Crippen LogP contribution < -0.4 is 10.1 Å². The zero-order chi connectivity index (χ0) is 17.4. The van der Waals surface area contributed by atoms with Gasteiger partial charge in [-0.15, -0.1) is 0 Å². The van der Waals surface area contributed by atoms with Gasteiger partial charge in [-0.3, -0.25) is 4.79 Å². The molecular weight excluding hydrogens is 365 g/mol. The van der Waals surface area contributed by atoms with Crippen molar-refractivity contribution in [2.24, 2.45) is 0 Å². The van der Waals surface area contributed by atoms with E-state index in [1.807, 2.05) is 24.3 Å². The quantitative estimate of drug-likeness (QED) is 0.664. The number of hydrogen-bond acceptors (Lipinski definition) is 3. The summed E-state index contributed by atoms with van der Waals surface area (Å²) in [5, 5.41) is 4.26. The molecule has 0 aliphatic rings. The van der Waals surface area contributed by atoms with Crippen LogP contribution in [0, 0.1) is 0 Å². The summed E-state index contributed by atoms with van der Waals surface area (Å²) >= 11 is 13.4. The summed E-state index contributed by atoms with van der Waals surface area (Å²) in [6.45, 7) is 2.33. The molecule has 1 atom stereocenters. The van der Waals surface area contributed by atoms with Gasteiger partial charge in [0.05, 0.1) is 0 Å². The maximum Gasteiger partial charge on any atom is 0.260 e. The van der Waals surface area contributed by atoms with Crippen LogP contribution >= 0.6 is 35.0 Å². The second-order valence-corrected chi connectivity index (χ2v) is 7.16. The van der Waals surface area contributed by atoms with Crippen molar-refractivity contribution in [3.05, 3.63) is 64.1 Å². The lowest BCUT2D eigenvalue weighted by atomic mass is 10.2. The predicted molar refractivity (Wildman–Crippen MR) is 102 cm³/mol. The molecule has 24 heavy (non-hydrogen) atoms. The molecule has 0 aliphatic heterocycles. The first-order valence-electron chi connectivity index (χ1n) is 7.57. The van der Waals surface area contributed by atoms with Gasteiger partial charge >= 0.3 is 0 Å². The first-order chi connectivity index (χ1) is 11.5. The van der Waals surface area contributed by atoms with Gasteiger partial charge in [-0.1, -0.05) is 35.3 Å². The van der Waals surface area contributed by atoms with Gasteiger partial charge < -0.3 is 10.1 Å². The smallest absolute Gasteiger partial charge is 0.260 e. The van der Waals surface area contributed by atoms with Crippen LogP contribution in [0.25, 0.3) is 0 Å². The van der Waals surface area contributed by atoms with Crippen molar-refractivity contribution in [3.63, 3.8) is 0 Å². The SMILES string of the molecule is C[C@H](Oc1ccc(Cl)cc1)C(=O)NCCSCc1ccc(Cl)cc1. The highest BCUT2D eigenvalue weighted by molar-refractivity contribution is 7.98. The van der Waals surface area contributed by atoms with Crippen molar-refractivity contribution in [1.29, 1.82) is 0 Å². The van der Waals surface area contributed by atoms with E-state index in [-0.39, 0.29) is 5.91 Å². The third kappa shape index (κ3) is 6.63. The molecule has 0 unspecified atom stereocenters. The molecule has 0 spiro atoms. The van der Waals surface area contributed by atoms with Gasteiger partial charge in [-0.2, -0.15) is 11.8 Å². The summed E-state index contributed by atoms with van der Waals surface area (Å²) in [7, 11) is 0. The molecule has 0 fully saturated rings. The van der Waals surface area contributed by atoms with Gasteiger partial charge in [0.15, 0.2) is 6.10 Å². The Morgan fingerprint density at radius 2 is 1.67 bits per heavy atom. The number of benzene rings is 2. The lowest BCUT2D eigenvalue weighted by molar-refractivity contribution is -0.127. The maximum atomic E-state index is 12.0. The van der Waals surface area contributed by atoms with Crippen LogP contribution in [0.5, 0.6) is 5.75 Å². The monoisotopic (exact) mass is 383 g/mol. The summed E-state index contributed by atoms with van der Waals surface area (Å²) in [5.74, 6) is 2.22. The van der Waals surface area contributed by atoms with Crippen molar-refractivity contribution in [1.82, 2.24) is 5.32 Å². The largest absolute Gasteiger partial charge is 0.481 e. The highest BCUT2D eigenvalue weighted by atomic mass is 35.5. The lowest BCUT2D eigenvalue weighted by Crippen LogP contribution is -2.37. The third-order valence-corrected chi connectivity index (χ3v) is 4.76. The summed E-state index contributed by atoms with van der Waals surface area (Å²) < 4.78 is 5.58. The standard InChI is InChI=1S/C18H19Cl2NO2S/c1-13(23-17-8-6-16(20)7-9-17)18(22)21-10-11-24-12-14-2-4-15(19)5-3-14/h2-9,13H,10-12H2,1H3,(H,21,22)/t13-/m0/s1. The van der Waals surface area contributed by atoms with Crippen LogP contribution in [0.1, 0.15) is 12.5 Å². The number of ether oxygens (including phenoxy) is 1. The van der Waals surface area contributed by atoms with E-state index in [1.54, 1.807) is 43.0 Å². The molecule has 0 aliphatic carbocycles. The van der Waals surface area contributed by atoms with E-state index in [4.69, 9.17) is 27.9 Å². The highest BCUT2D eigenvalue weighted by Crippen LogP contribution is 2.17. The summed E-state index contributed by atoms with van der Waals surface area (Å²) in [6, 6.07) is 14.7. The second-order valence-electron chi connectivity index (χ2n) is 5.18. The molecule has 2 aromatic carbocycles. The van der Waals surface area contributed by atoms with Crippen molar-refractivity contribution < 1.29 is 9.53 Å². The fourth-order valence-corrected chi connectivity index (χ4v) is 3.00. The number of thioether (sulfide) groups is 1. The average molecular weight is 384 g/mol. The van der Waals surface area contributed by atoms with Gasteiger partial charge in [-0.25, -0.2) is 0 Å². The minimum Gasteiger partial charge on any atom is -0.481 e. The summed E-state index contributed by atoms with van der Waals surface area (Å²) in [4.78, 5) is 12.0. The topological polar surface area (TPSA) is 38.3 Å². The minimum atomic E-state index is -0.549. The number of carbonyl (C=O) groups is 1. The molecule has 0 saturated carbocycles. The van der Waals surface area contributed by atoms with Gasteiger partial charge in [0.2, 0.25) is 0 Å². The molecule has 0 aromatic heterocycles. The summed E-state index contributed by atoms with van der Waals surface area (Å²) in [6.07, 6.45) is -0.549. The van der Waals surface area contributed by atoms with Crippen molar-refractivity contribution in [2.45, 2.75) is 18.8 Å². The van der Waals surface area contributed by atoms with Crippen LogP contribution in [0.3, 0.4) is 0 Å². The molecule has 0 saturated heterocycles. The fraction of sp³-hybridized carbons (Fsp3) is 0.278. The molecule has 1 amide bonds. The Balaban J connectivity index is 1.63. The van der Waals surface area contributed by atoms with Crippen molar-refractivity contribution in [3.8, 4) is 5.75 Å². The normalized spacial score (nSPS) is 11.8. The summed E-state index contributed by atoms with van der Waals surface area (Å²) in [5.41, 5.74) is 1.22. The van der Waals surface area contributed by atoms with Gasteiger partial charge in [0, 0.05) is 28.1 Å². The highest BCUT2D eigenvalue weighted by Gasteiger charge is 2.13. The number of hydrogen-bond donors (Lipinski definition) is 1. The zero-order valence-corrected chi connectivity index (χ0v) is 15.6. The minimum absolute atomic E-state index is 0.128. The predicted octanol–water partition coefficient (Wildman–Crippen LogP) is 4.81. The fourth-order valence-electron chi connectivity index (χ4n) is 1.93. The van der Waals surface area contributed by atoms with E-state index in [0.29, 0.717) is 17.3 Å². The third-order valence-electron chi connectivity index (χ3n) is 3.22. The Bertz CT molecular complexity index is 647. The van der Waals surface area contributed by atoms with Gasteiger partial charge in [0.1, 0.15) is 5.75 Å². The number of carbonyl (C=O) groups excluding carboxylic acids is 1. The Hall–Kier alpha value is -1.36. The molecule has 0 heterocycles. The van der Waals surface area contributed by atoms with E-state index in [0.717, 1.165) is 16.5 Å². The maximum absolute atomic E-state index is 12.0. The van der Waals surface area contributed by atoms with Gasteiger partial charge in [-0.05, 0) is 48.9 Å². The second kappa shape index (κ2) is 9.82. The molecule has 2 rings (SSSR count). The molecule has 2 aromatic rings. The number of amides is 1. The molecule has 3 nitrogen and oxygen atoms in total.